The lowest BCUT2D eigenvalue weighted by Gasteiger charge is -2.68. The molecule has 1 fully saturated rings. The minimum absolute atomic E-state index is 0.406. The average molecular weight is 778 g/mol. The van der Waals surface area contributed by atoms with Gasteiger partial charge in [-0.15, -0.1) is 0 Å². The van der Waals surface area contributed by atoms with Gasteiger partial charge in [-0.3, -0.25) is 0 Å². The van der Waals surface area contributed by atoms with Gasteiger partial charge < -0.3 is 9.47 Å². The molecule has 2 spiro atoms. The second kappa shape index (κ2) is 8.01. The van der Waals surface area contributed by atoms with E-state index in [-0.39, 0.29) is 0 Å². The van der Waals surface area contributed by atoms with Gasteiger partial charge in [-0.1, -0.05) is 122 Å². The maximum atomic E-state index is 12.8. The number of alkyl halides is 4. The molecule has 0 aromatic rings. The molecule has 1 aliphatic carbocycles. The van der Waals surface area contributed by atoms with Crippen molar-refractivity contribution in [1.29, 1.82) is 0 Å². The number of carbonyl (C=O) groups excluding carboxylic acids is 2. The van der Waals surface area contributed by atoms with Crippen LogP contribution in [0.2, 0.25) is 0 Å². The van der Waals surface area contributed by atoms with Gasteiger partial charge in [-0.05, 0) is 25.7 Å². The molecule has 156 valence electrons. The molecule has 3 aliphatic rings. The number of ether oxygens (including phenoxy) is 2. The summed E-state index contributed by atoms with van der Waals surface area (Å²) in [6, 6.07) is 0. The van der Waals surface area contributed by atoms with Crippen LogP contribution in [0.4, 0.5) is 0 Å². The van der Waals surface area contributed by atoms with E-state index in [0.717, 1.165) is 25.7 Å². The van der Waals surface area contributed by atoms with Crippen LogP contribution >= 0.6 is 95.6 Å². The van der Waals surface area contributed by atoms with Crippen LogP contribution in [0.3, 0.4) is 0 Å². The van der Waals surface area contributed by atoms with Crippen LogP contribution in [0.5, 0.6) is 0 Å². The van der Waals surface area contributed by atoms with Gasteiger partial charge in [0.25, 0.3) is 0 Å². The summed E-state index contributed by atoms with van der Waals surface area (Å²) in [6.45, 7) is 4.13. The Bertz CT molecular complexity index is 736. The highest BCUT2D eigenvalue weighted by molar-refractivity contribution is 9.30. The van der Waals surface area contributed by atoms with Crippen molar-refractivity contribution in [2.24, 2.45) is 0 Å². The number of fused-ring (bicyclic) bond motifs is 1. The molecule has 1 saturated carbocycles. The van der Waals surface area contributed by atoms with Crippen LogP contribution in [0.25, 0.3) is 0 Å². The van der Waals surface area contributed by atoms with Crippen molar-refractivity contribution in [2.75, 3.05) is 0 Å². The fourth-order valence-corrected chi connectivity index (χ4v) is 10.4. The Morgan fingerprint density at radius 3 is 1.32 bits per heavy atom. The molecule has 28 heavy (non-hydrogen) atoms. The molecule has 0 aromatic carbocycles. The van der Waals surface area contributed by atoms with E-state index in [2.05, 4.69) is 109 Å². The third-order valence-corrected chi connectivity index (χ3v) is 14.3. The summed E-state index contributed by atoms with van der Waals surface area (Å²) in [5, 5.41) is 0. The first kappa shape index (κ1) is 24.0. The fourth-order valence-electron chi connectivity index (χ4n) is 3.90. The predicted octanol–water partition coefficient (Wildman–Crippen LogP) is 7.24. The number of unbranched alkanes of at least 4 members (excludes halogenated alkanes) is 2. The Morgan fingerprint density at radius 2 is 1.04 bits per heavy atom. The van der Waals surface area contributed by atoms with E-state index in [9.17, 15) is 9.59 Å². The maximum Gasteiger partial charge on any atom is 0.336 e. The zero-order valence-electron chi connectivity index (χ0n) is 15.1. The molecule has 0 bridgehead atoms. The number of rotatable bonds is 6. The first-order valence-corrected chi connectivity index (χ1v) is 13.7. The lowest BCUT2D eigenvalue weighted by molar-refractivity contribution is -0.207. The van der Waals surface area contributed by atoms with E-state index in [1.807, 2.05) is 0 Å². The first-order valence-electron chi connectivity index (χ1n) is 8.98. The number of hydrogen-bond donors (Lipinski definition) is 0. The van der Waals surface area contributed by atoms with Gasteiger partial charge in [0.2, 0.25) is 11.2 Å². The van der Waals surface area contributed by atoms with Crippen LogP contribution < -0.4 is 0 Å². The second-order valence-corrected chi connectivity index (χ2v) is 15.6. The van der Waals surface area contributed by atoms with E-state index < -0.39 is 29.6 Å². The number of hydrogen-bond acceptors (Lipinski definition) is 4. The Hall–Kier alpha value is 1.30. The minimum Gasteiger partial charge on any atom is -0.443 e. The van der Waals surface area contributed by atoms with Crippen LogP contribution in [-0.2, 0) is 19.1 Å². The van der Waals surface area contributed by atoms with Crippen molar-refractivity contribution in [3.05, 3.63) is 20.1 Å². The fraction of sp³-hybridized carbons (Fsp3) is 0.667. The van der Waals surface area contributed by atoms with Crippen LogP contribution in [-0.4, -0.2) is 29.6 Å². The number of esters is 2. The molecule has 0 saturated heterocycles. The highest BCUT2D eigenvalue weighted by Crippen LogP contribution is 2.82. The van der Waals surface area contributed by atoms with Crippen molar-refractivity contribution >= 4 is 108 Å². The van der Waals surface area contributed by atoms with Gasteiger partial charge >= 0.3 is 11.9 Å². The third-order valence-electron chi connectivity index (χ3n) is 5.47. The Kier molecular flexibility index (Phi) is 6.86. The van der Waals surface area contributed by atoms with E-state index in [4.69, 9.17) is 9.47 Å². The van der Waals surface area contributed by atoms with Crippen molar-refractivity contribution in [2.45, 2.75) is 70.0 Å². The molecular weight excluding hydrogens is 760 g/mol. The first-order chi connectivity index (χ1) is 13.0. The lowest BCUT2D eigenvalue weighted by atomic mass is 9.64. The van der Waals surface area contributed by atoms with E-state index >= 15 is 0 Å². The van der Waals surface area contributed by atoms with E-state index in [1.165, 1.54) is 0 Å². The van der Waals surface area contributed by atoms with Crippen LogP contribution in [0.15, 0.2) is 20.1 Å². The molecule has 0 amide bonds. The quantitative estimate of drug-likeness (QED) is 0.211. The third kappa shape index (κ3) is 2.72. The molecule has 0 N–H and O–H groups in total. The molecule has 2 heterocycles. The standard InChI is InChI=1S/C18H18Br6O4/c1-3-5-7-9-11(19)15(27-13(9)25)16(18(23,24)17(15,21)22)12(20)10(8-6-4-2)14(26)28-16/h3-8H2,1-2H3. The molecule has 0 aromatic heterocycles. The van der Waals surface area contributed by atoms with E-state index in [1.54, 1.807) is 0 Å². The van der Waals surface area contributed by atoms with Gasteiger partial charge in [-0.25, -0.2) is 9.59 Å². The summed E-state index contributed by atoms with van der Waals surface area (Å²) in [7, 11) is 0. The summed E-state index contributed by atoms with van der Waals surface area (Å²) < 4.78 is 11.2. The summed E-state index contributed by atoms with van der Waals surface area (Å²) in [6.07, 6.45) is 4.77. The van der Waals surface area contributed by atoms with Gasteiger partial charge in [0.15, 0.2) is 6.47 Å². The summed E-state index contributed by atoms with van der Waals surface area (Å²) >= 11 is 22.0. The molecule has 2 aliphatic heterocycles. The topological polar surface area (TPSA) is 52.6 Å². The molecule has 4 nitrogen and oxygen atoms in total. The SMILES string of the molecule is CCCCC1=C(Br)C2(OC1=O)C(Br)(Br)C(Br)(Br)C21OC(=O)C(CCCC)=C1Br. The molecule has 2 atom stereocenters. The summed E-state index contributed by atoms with van der Waals surface area (Å²) in [5.74, 6) is -0.811. The molecule has 0 radical (unpaired) electrons. The van der Waals surface area contributed by atoms with Crippen LogP contribution in [0.1, 0.15) is 52.4 Å². The van der Waals surface area contributed by atoms with Gasteiger partial charge in [0, 0.05) is 0 Å². The zero-order valence-corrected chi connectivity index (χ0v) is 24.7. The molecule has 3 rings (SSSR count). The highest BCUT2D eigenvalue weighted by Gasteiger charge is 2.95. The summed E-state index contributed by atoms with van der Waals surface area (Å²) in [5.41, 5.74) is -1.48. The smallest absolute Gasteiger partial charge is 0.336 e. The Labute approximate surface area is 214 Å². The van der Waals surface area contributed by atoms with Gasteiger partial charge in [0.05, 0.1) is 20.1 Å². The van der Waals surface area contributed by atoms with Crippen molar-refractivity contribution in [3.8, 4) is 0 Å². The van der Waals surface area contributed by atoms with Gasteiger partial charge in [0.1, 0.15) is 0 Å². The van der Waals surface area contributed by atoms with Crippen molar-refractivity contribution in [3.63, 3.8) is 0 Å². The Morgan fingerprint density at radius 1 is 0.714 bits per heavy atom. The van der Waals surface area contributed by atoms with E-state index in [0.29, 0.717) is 33.0 Å². The minimum atomic E-state index is -1.31. The maximum absolute atomic E-state index is 12.8. The molecule has 2 unspecified atom stereocenters. The zero-order chi connectivity index (χ0) is 21.1. The largest absolute Gasteiger partial charge is 0.443 e. The number of halogens is 6. The molecule has 10 heteroatoms. The average Bonchev–Trinajstić information content (AvgIpc) is 3.04. The van der Waals surface area contributed by atoms with Crippen molar-refractivity contribution < 1.29 is 19.1 Å². The summed E-state index contributed by atoms with van der Waals surface area (Å²) in [4.78, 5) is 25.7. The molecular formula is C18H18Br6O4. The van der Waals surface area contributed by atoms with Crippen LogP contribution in [0, 0.1) is 0 Å². The highest BCUT2D eigenvalue weighted by atomic mass is 79.9. The monoisotopic (exact) mass is 772 g/mol. The number of carbonyl (C=O) groups is 2. The van der Waals surface area contributed by atoms with Gasteiger partial charge in [-0.2, -0.15) is 0 Å². The normalized spacial score (nSPS) is 33.0. The lowest BCUT2D eigenvalue weighted by Crippen LogP contribution is -2.87. The second-order valence-electron chi connectivity index (χ2n) is 7.08. The van der Waals surface area contributed by atoms with Crippen molar-refractivity contribution in [1.82, 2.24) is 0 Å². The Balaban J connectivity index is 2.21. The predicted molar refractivity (Wildman–Crippen MR) is 130 cm³/mol.